The molecule has 4 fully saturated rings. The van der Waals surface area contributed by atoms with Gasteiger partial charge in [0.05, 0.1) is 19.8 Å². The van der Waals surface area contributed by atoms with Crippen molar-refractivity contribution in [2.75, 3.05) is 52.6 Å². The Kier molecular flexibility index (Phi) is 12.0. The van der Waals surface area contributed by atoms with Crippen molar-refractivity contribution in [2.45, 2.75) is 73.1 Å². The molecule has 0 aromatic rings. The minimum absolute atomic E-state index is 0.540. The van der Waals surface area contributed by atoms with Crippen molar-refractivity contribution in [3.8, 4) is 0 Å². The van der Waals surface area contributed by atoms with E-state index in [1.807, 2.05) is 13.8 Å². The van der Waals surface area contributed by atoms with Crippen LogP contribution in [0, 0.1) is 16.7 Å². The highest BCUT2D eigenvalue weighted by Gasteiger charge is 2.39. The van der Waals surface area contributed by atoms with Crippen molar-refractivity contribution in [1.29, 1.82) is 0 Å². The maximum atomic E-state index is 5.40. The lowest BCUT2D eigenvalue weighted by Crippen LogP contribution is -2.49. The van der Waals surface area contributed by atoms with Gasteiger partial charge in [-0.3, -0.25) is 0 Å². The van der Waals surface area contributed by atoms with Crippen LogP contribution < -0.4 is 10.6 Å². The van der Waals surface area contributed by atoms with E-state index in [0.29, 0.717) is 10.8 Å². The monoisotopic (exact) mass is 370 g/mol. The van der Waals surface area contributed by atoms with Crippen molar-refractivity contribution in [3.63, 3.8) is 0 Å². The average Bonchev–Trinajstić information content (AvgIpc) is 3.12. The lowest BCUT2D eigenvalue weighted by atomic mass is 9.77. The Morgan fingerprint density at radius 3 is 1.77 bits per heavy atom. The van der Waals surface area contributed by atoms with Crippen LogP contribution in [0.1, 0.15) is 73.1 Å². The van der Waals surface area contributed by atoms with Crippen LogP contribution in [0.5, 0.6) is 0 Å². The molecule has 0 amide bonds. The van der Waals surface area contributed by atoms with Crippen molar-refractivity contribution in [2.24, 2.45) is 16.7 Å². The summed E-state index contributed by atoms with van der Waals surface area (Å²) >= 11 is 0. The van der Waals surface area contributed by atoms with Gasteiger partial charge in [0.2, 0.25) is 0 Å². The molecule has 4 saturated heterocycles. The molecular formula is C22H46N2O2. The second-order valence-electron chi connectivity index (χ2n) is 8.63. The third-order valence-corrected chi connectivity index (χ3v) is 6.04. The summed E-state index contributed by atoms with van der Waals surface area (Å²) < 4.78 is 10.6. The van der Waals surface area contributed by atoms with E-state index in [-0.39, 0.29) is 0 Å². The van der Waals surface area contributed by atoms with Crippen molar-refractivity contribution in [3.05, 3.63) is 0 Å². The average molecular weight is 371 g/mol. The summed E-state index contributed by atoms with van der Waals surface area (Å²) in [5, 5.41) is 6.79. The Morgan fingerprint density at radius 2 is 1.42 bits per heavy atom. The summed E-state index contributed by atoms with van der Waals surface area (Å²) in [5.41, 5.74) is 1.16. The molecule has 1 unspecified atom stereocenters. The van der Waals surface area contributed by atoms with Crippen molar-refractivity contribution < 1.29 is 9.47 Å². The first-order chi connectivity index (χ1) is 12.6. The maximum absolute atomic E-state index is 5.40. The minimum Gasteiger partial charge on any atom is -0.381 e. The fourth-order valence-corrected chi connectivity index (χ4v) is 3.65. The standard InChI is InChI=1S/C8H15NO.C7H13NO.C5H12.C2H6/c1-2-8(6-9-4-1)3-5-10-7-8;1-3-8-4-2-7(1)5-9-6-7;1-4-5(2)3;1-2/h9H,1-7H2;8H,1-6H2;5H,4H2,1-3H3;1-2H3. The molecule has 4 aliphatic rings. The van der Waals surface area contributed by atoms with Gasteiger partial charge >= 0.3 is 0 Å². The third kappa shape index (κ3) is 8.24. The highest BCUT2D eigenvalue weighted by Crippen LogP contribution is 2.36. The molecule has 4 aliphatic heterocycles. The highest BCUT2D eigenvalue weighted by atomic mass is 16.5. The van der Waals surface area contributed by atoms with Crippen LogP contribution in [0.3, 0.4) is 0 Å². The van der Waals surface area contributed by atoms with Gasteiger partial charge in [-0.2, -0.15) is 0 Å². The Hall–Kier alpha value is -0.160. The van der Waals surface area contributed by atoms with Crippen LogP contribution in [-0.2, 0) is 9.47 Å². The van der Waals surface area contributed by atoms with Gasteiger partial charge in [-0.1, -0.05) is 41.0 Å². The van der Waals surface area contributed by atoms with Gasteiger partial charge < -0.3 is 20.1 Å². The van der Waals surface area contributed by atoms with Gasteiger partial charge in [0.15, 0.2) is 0 Å². The Bertz CT molecular complexity index is 321. The van der Waals surface area contributed by atoms with Gasteiger partial charge in [0, 0.05) is 24.0 Å². The number of hydrogen-bond donors (Lipinski definition) is 2. The second-order valence-corrected chi connectivity index (χ2v) is 8.63. The molecule has 4 heteroatoms. The first-order valence-electron chi connectivity index (χ1n) is 11.2. The van der Waals surface area contributed by atoms with Crippen molar-refractivity contribution >= 4 is 0 Å². The lowest BCUT2D eigenvalue weighted by molar-refractivity contribution is -0.127. The molecule has 2 N–H and O–H groups in total. The molecule has 0 saturated carbocycles. The van der Waals surface area contributed by atoms with Crippen molar-refractivity contribution in [1.82, 2.24) is 10.6 Å². The molecule has 4 rings (SSSR count). The van der Waals surface area contributed by atoms with E-state index in [0.717, 1.165) is 32.3 Å². The number of rotatable bonds is 1. The third-order valence-electron chi connectivity index (χ3n) is 6.04. The number of nitrogens with one attached hydrogen (secondary N) is 2. The van der Waals surface area contributed by atoms with Gasteiger partial charge in [-0.05, 0) is 57.7 Å². The zero-order valence-corrected chi connectivity index (χ0v) is 18.3. The van der Waals surface area contributed by atoms with E-state index in [1.165, 1.54) is 64.7 Å². The molecule has 0 bridgehead atoms. The molecule has 0 aromatic heterocycles. The molecule has 156 valence electrons. The van der Waals surface area contributed by atoms with E-state index in [9.17, 15) is 0 Å². The smallest absolute Gasteiger partial charge is 0.0545 e. The summed E-state index contributed by atoms with van der Waals surface area (Å²) in [5.74, 6) is 0.884. The van der Waals surface area contributed by atoms with Crippen LogP contribution in [0.25, 0.3) is 0 Å². The van der Waals surface area contributed by atoms with E-state index >= 15 is 0 Å². The predicted octanol–water partition coefficient (Wildman–Crippen LogP) is 4.24. The molecule has 26 heavy (non-hydrogen) atoms. The molecule has 4 heterocycles. The van der Waals surface area contributed by atoms with Crippen LogP contribution >= 0.6 is 0 Å². The Morgan fingerprint density at radius 1 is 0.808 bits per heavy atom. The van der Waals surface area contributed by atoms with Gasteiger partial charge in [0.25, 0.3) is 0 Å². The molecule has 4 nitrogen and oxygen atoms in total. The molecular weight excluding hydrogens is 324 g/mol. The molecule has 0 radical (unpaired) electrons. The zero-order chi connectivity index (χ0) is 19.3. The van der Waals surface area contributed by atoms with E-state index in [4.69, 9.17) is 9.47 Å². The van der Waals surface area contributed by atoms with Crippen LogP contribution in [0.15, 0.2) is 0 Å². The fourth-order valence-electron chi connectivity index (χ4n) is 3.65. The van der Waals surface area contributed by atoms with E-state index in [2.05, 4.69) is 31.4 Å². The summed E-state index contributed by atoms with van der Waals surface area (Å²) in [4.78, 5) is 0. The summed E-state index contributed by atoms with van der Waals surface area (Å²) in [6.45, 7) is 19.5. The summed E-state index contributed by atoms with van der Waals surface area (Å²) in [7, 11) is 0. The quantitative estimate of drug-likeness (QED) is 0.724. The number of ether oxygens (including phenoxy) is 2. The minimum atomic E-state index is 0.540. The Balaban J connectivity index is 0.000000196. The van der Waals surface area contributed by atoms with Crippen LogP contribution in [0.4, 0.5) is 0 Å². The maximum Gasteiger partial charge on any atom is 0.0545 e. The first-order valence-corrected chi connectivity index (χ1v) is 11.2. The zero-order valence-electron chi connectivity index (χ0n) is 18.3. The molecule has 0 aliphatic carbocycles. The number of hydrogen-bond acceptors (Lipinski definition) is 4. The second kappa shape index (κ2) is 13.1. The van der Waals surface area contributed by atoms with Crippen LogP contribution in [-0.4, -0.2) is 52.6 Å². The van der Waals surface area contributed by atoms with Gasteiger partial charge in [-0.25, -0.2) is 0 Å². The summed E-state index contributed by atoms with van der Waals surface area (Å²) in [6, 6.07) is 0. The fraction of sp³-hybridized carbons (Fsp3) is 1.00. The SMILES string of the molecule is C1CC2(CCN1)COC2.C1CNCC2(C1)CCOC2.CC.CCC(C)C. The van der Waals surface area contributed by atoms with E-state index in [1.54, 1.807) is 0 Å². The lowest BCUT2D eigenvalue weighted by Gasteiger charge is -2.44. The largest absolute Gasteiger partial charge is 0.381 e. The predicted molar refractivity (Wildman–Crippen MR) is 112 cm³/mol. The molecule has 2 spiro atoms. The van der Waals surface area contributed by atoms with E-state index < -0.39 is 0 Å². The van der Waals surface area contributed by atoms with Crippen LogP contribution in [0.2, 0.25) is 0 Å². The normalized spacial score (nSPS) is 28.8. The van der Waals surface area contributed by atoms with Gasteiger partial charge in [-0.15, -0.1) is 0 Å². The highest BCUT2D eigenvalue weighted by molar-refractivity contribution is 4.89. The van der Waals surface area contributed by atoms with Gasteiger partial charge in [0.1, 0.15) is 0 Å². The first kappa shape index (κ1) is 23.9. The number of piperidine rings is 2. The Labute approximate surface area is 163 Å². The topological polar surface area (TPSA) is 42.5 Å². The molecule has 1 atom stereocenters. The summed E-state index contributed by atoms with van der Waals surface area (Å²) in [6.07, 6.45) is 7.95. The molecule has 0 aromatic carbocycles.